The van der Waals surface area contributed by atoms with Gasteiger partial charge >= 0.3 is 0 Å². The molecule has 0 amide bonds. The van der Waals surface area contributed by atoms with Gasteiger partial charge in [-0.15, -0.1) is 11.3 Å². The zero-order valence-electron chi connectivity index (χ0n) is 17.7. The summed E-state index contributed by atoms with van der Waals surface area (Å²) in [5.41, 5.74) is 2.11. The van der Waals surface area contributed by atoms with Crippen LogP contribution >= 0.6 is 11.3 Å². The van der Waals surface area contributed by atoms with Crippen LogP contribution in [-0.2, 0) is 0 Å². The Morgan fingerprint density at radius 3 is 2.94 bits per heavy atom. The maximum absolute atomic E-state index is 13.5. The Kier molecular flexibility index (Phi) is 6.43. The smallest absolute Gasteiger partial charge is 0.213 e. The van der Waals surface area contributed by atoms with E-state index < -0.39 is 5.54 Å². The van der Waals surface area contributed by atoms with E-state index in [2.05, 4.69) is 21.4 Å². The first-order valence-corrected chi connectivity index (χ1v) is 11.4. The highest BCUT2D eigenvalue weighted by Gasteiger charge is 2.36. The first kappa shape index (κ1) is 21.6. The quantitative estimate of drug-likeness (QED) is 0.544. The maximum atomic E-state index is 13.5. The van der Waals surface area contributed by atoms with Crippen LogP contribution in [0.15, 0.2) is 48.1 Å². The molecule has 1 aliphatic rings. The molecule has 0 saturated carbocycles. The first-order chi connectivity index (χ1) is 14.9. The molecule has 1 fully saturated rings. The number of rotatable bonds is 6. The second-order valence-electron chi connectivity index (χ2n) is 8.35. The summed E-state index contributed by atoms with van der Waals surface area (Å²) in [6.07, 6.45) is 5.57. The van der Waals surface area contributed by atoms with E-state index in [0.29, 0.717) is 24.6 Å². The summed E-state index contributed by atoms with van der Waals surface area (Å²) in [6, 6.07) is 8.84. The highest BCUT2D eigenvalue weighted by Crippen LogP contribution is 2.29. The molecule has 2 aromatic heterocycles. The van der Waals surface area contributed by atoms with Crippen LogP contribution in [-0.4, -0.2) is 34.4 Å². The van der Waals surface area contributed by atoms with Gasteiger partial charge in [0.05, 0.1) is 18.3 Å². The van der Waals surface area contributed by atoms with Crippen molar-refractivity contribution < 1.29 is 13.9 Å². The van der Waals surface area contributed by atoms with Crippen LogP contribution in [0.5, 0.6) is 5.88 Å². The summed E-state index contributed by atoms with van der Waals surface area (Å²) < 4.78 is 18.7. The van der Waals surface area contributed by atoms with Gasteiger partial charge in [0, 0.05) is 41.2 Å². The maximum Gasteiger partial charge on any atom is 0.213 e. The Bertz CT molecular complexity index is 1040. The number of hydrogen-bond donors (Lipinski definition) is 1. The van der Waals surface area contributed by atoms with Crippen LogP contribution in [0.4, 0.5) is 4.39 Å². The third-order valence-corrected chi connectivity index (χ3v) is 6.58. The number of nitrogens with one attached hydrogen (secondary N) is 1. The molecular weight excluding hydrogens is 413 g/mol. The summed E-state index contributed by atoms with van der Waals surface area (Å²) in [4.78, 5) is 21.8. The van der Waals surface area contributed by atoms with Crippen LogP contribution in [0.25, 0.3) is 10.6 Å². The van der Waals surface area contributed by atoms with Crippen LogP contribution in [0.3, 0.4) is 0 Å². The fraction of sp³-hybridized carbons (Fsp3) is 0.375. The second-order valence-corrected chi connectivity index (χ2v) is 9.25. The van der Waals surface area contributed by atoms with Gasteiger partial charge in [-0.1, -0.05) is 6.42 Å². The lowest BCUT2D eigenvalue weighted by molar-refractivity contribution is 0.0859. The van der Waals surface area contributed by atoms with E-state index in [1.807, 2.05) is 31.4 Å². The number of aryl methyl sites for hydroxylation is 1. The van der Waals surface area contributed by atoms with Gasteiger partial charge in [0.25, 0.3) is 0 Å². The molecule has 3 aromatic rings. The molecule has 7 heteroatoms. The van der Waals surface area contributed by atoms with Gasteiger partial charge in [0.15, 0.2) is 5.78 Å². The summed E-state index contributed by atoms with van der Waals surface area (Å²) in [5, 5.41) is 6.36. The molecule has 1 saturated heterocycles. The second kappa shape index (κ2) is 9.24. The molecule has 3 heterocycles. The minimum atomic E-state index is -0.628. The third kappa shape index (κ3) is 5.17. The van der Waals surface area contributed by atoms with Crippen LogP contribution in [0.1, 0.15) is 42.1 Å². The van der Waals surface area contributed by atoms with Crippen molar-refractivity contribution in [2.75, 3.05) is 13.2 Å². The number of pyridine rings is 1. The lowest BCUT2D eigenvalue weighted by atomic mass is 9.86. The molecule has 1 N–H and O–H groups in total. The highest BCUT2D eigenvalue weighted by atomic mass is 32.1. The number of thiazole rings is 1. The lowest BCUT2D eigenvalue weighted by Gasteiger charge is -2.28. The number of benzene rings is 1. The molecule has 2 atom stereocenters. The van der Waals surface area contributed by atoms with Crippen molar-refractivity contribution in [3.05, 3.63) is 65.0 Å². The zero-order chi connectivity index (χ0) is 21.8. The third-order valence-electron chi connectivity index (χ3n) is 5.76. The number of hydrogen-bond acceptors (Lipinski definition) is 6. The van der Waals surface area contributed by atoms with E-state index in [1.165, 1.54) is 12.1 Å². The summed E-state index contributed by atoms with van der Waals surface area (Å²) in [6.45, 7) is 5.15. The van der Waals surface area contributed by atoms with Crippen LogP contribution in [0.2, 0.25) is 0 Å². The summed E-state index contributed by atoms with van der Waals surface area (Å²) >= 11 is 1.57. The fourth-order valence-electron chi connectivity index (χ4n) is 4.01. The summed E-state index contributed by atoms with van der Waals surface area (Å²) in [5.74, 6) is 0.395. The summed E-state index contributed by atoms with van der Waals surface area (Å²) in [7, 11) is 0. The number of ether oxygens (including phenoxy) is 1. The molecule has 31 heavy (non-hydrogen) atoms. The van der Waals surface area contributed by atoms with E-state index in [-0.39, 0.29) is 17.5 Å². The molecule has 0 spiro atoms. The topological polar surface area (TPSA) is 64.1 Å². The molecule has 162 valence electrons. The molecular formula is C24H26FN3O2S. The van der Waals surface area contributed by atoms with Crippen molar-refractivity contribution in [1.82, 2.24) is 15.3 Å². The van der Waals surface area contributed by atoms with Crippen molar-refractivity contribution in [3.63, 3.8) is 0 Å². The number of halogens is 1. The van der Waals surface area contributed by atoms with Gasteiger partial charge < -0.3 is 10.1 Å². The largest absolute Gasteiger partial charge is 0.477 e. The molecule has 0 bridgehead atoms. The Morgan fingerprint density at radius 2 is 2.19 bits per heavy atom. The first-order valence-electron chi connectivity index (χ1n) is 10.5. The molecule has 1 aromatic carbocycles. The van der Waals surface area contributed by atoms with Crippen molar-refractivity contribution in [2.24, 2.45) is 5.92 Å². The number of nitrogens with zero attached hydrogens (tertiary/aromatic N) is 2. The van der Waals surface area contributed by atoms with E-state index in [0.717, 1.165) is 41.6 Å². The minimum absolute atomic E-state index is 0.107. The van der Waals surface area contributed by atoms with Gasteiger partial charge in [-0.05, 0) is 56.5 Å². The average molecular weight is 440 g/mol. The number of ketones is 1. The van der Waals surface area contributed by atoms with E-state index in [9.17, 15) is 9.18 Å². The zero-order valence-corrected chi connectivity index (χ0v) is 18.5. The standard InChI is InChI=1S/C24H26FN3O2S/c1-16-10-18(12-19(11-16)23-26-8-9-31-23)22(29)24(2)7-3-4-17(13-28-24)15-30-21-6-5-20(25)14-27-21/h5-6,8-12,14,17,28H,3-4,7,13,15H2,1-2H3. The normalized spacial score (nSPS) is 21.5. The number of aromatic nitrogens is 2. The van der Waals surface area contributed by atoms with Crippen LogP contribution < -0.4 is 10.1 Å². The van der Waals surface area contributed by atoms with Crippen LogP contribution in [0, 0.1) is 18.7 Å². The van der Waals surface area contributed by atoms with Crippen molar-refractivity contribution >= 4 is 17.1 Å². The number of carbonyl (C=O) groups excluding carboxylic acids is 1. The SMILES string of the molecule is Cc1cc(C(=O)C2(C)CCCC(COc3ccc(F)cn3)CN2)cc(-c2nccs2)c1. The minimum Gasteiger partial charge on any atom is -0.477 e. The number of Topliss-reactive ketones (excluding diaryl/α,β-unsaturated/α-hetero) is 1. The van der Waals surface area contributed by atoms with Crippen molar-refractivity contribution in [3.8, 4) is 16.5 Å². The van der Waals surface area contributed by atoms with E-state index in [1.54, 1.807) is 17.5 Å². The molecule has 2 unspecified atom stereocenters. The molecule has 0 radical (unpaired) electrons. The number of carbonyl (C=O) groups is 1. The molecule has 5 nitrogen and oxygen atoms in total. The van der Waals surface area contributed by atoms with Crippen molar-refractivity contribution in [2.45, 2.75) is 38.6 Å². The average Bonchev–Trinajstić information content (AvgIpc) is 3.23. The van der Waals surface area contributed by atoms with Gasteiger partial charge in [0.1, 0.15) is 10.8 Å². The lowest BCUT2D eigenvalue weighted by Crippen LogP contribution is -2.50. The predicted molar refractivity (Wildman–Crippen MR) is 120 cm³/mol. The van der Waals surface area contributed by atoms with Crippen molar-refractivity contribution in [1.29, 1.82) is 0 Å². The Labute approximate surface area is 185 Å². The predicted octanol–water partition coefficient (Wildman–Crippen LogP) is 5.06. The fourth-order valence-corrected chi connectivity index (χ4v) is 4.64. The van der Waals surface area contributed by atoms with Gasteiger partial charge in [-0.25, -0.2) is 14.4 Å². The van der Waals surface area contributed by atoms with E-state index >= 15 is 0 Å². The molecule has 1 aliphatic heterocycles. The molecule has 4 rings (SSSR count). The van der Waals surface area contributed by atoms with E-state index in [4.69, 9.17) is 4.74 Å². The Morgan fingerprint density at radius 1 is 1.32 bits per heavy atom. The molecule has 0 aliphatic carbocycles. The Hall–Kier alpha value is -2.64. The van der Waals surface area contributed by atoms with Gasteiger partial charge in [-0.3, -0.25) is 4.79 Å². The monoisotopic (exact) mass is 439 g/mol. The Balaban J connectivity index is 1.43. The van der Waals surface area contributed by atoms with Gasteiger partial charge in [-0.2, -0.15) is 0 Å². The van der Waals surface area contributed by atoms with Gasteiger partial charge in [0.2, 0.25) is 5.88 Å². The highest BCUT2D eigenvalue weighted by molar-refractivity contribution is 7.13.